The van der Waals surface area contributed by atoms with Crippen molar-refractivity contribution in [3.63, 3.8) is 0 Å². The Balaban J connectivity index is 1.43. The van der Waals surface area contributed by atoms with Crippen molar-refractivity contribution in [1.82, 2.24) is 14.2 Å². The normalized spacial score (nSPS) is 15.1. The summed E-state index contributed by atoms with van der Waals surface area (Å²) in [5.41, 5.74) is 3.44. The first-order chi connectivity index (χ1) is 13.9. The number of nitrogens with one attached hydrogen (secondary N) is 1. The molecule has 4 rings (SSSR count). The van der Waals surface area contributed by atoms with Crippen LogP contribution < -0.4 is 0 Å². The van der Waals surface area contributed by atoms with Crippen molar-refractivity contribution >= 4 is 55.3 Å². The van der Waals surface area contributed by atoms with Crippen molar-refractivity contribution in [2.45, 2.75) is 10.6 Å². The zero-order valence-electron chi connectivity index (χ0n) is 15.8. The molecule has 29 heavy (non-hydrogen) atoms. The van der Waals surface area contributed by atoms with Crippen LogP contribution in [0, 0.1) is 0 Å². The Labute approximate surface area is 178 Å². The molecule has 1 aliphatic heterocycles. The molecule has 0 unspecified atom stereocenters. The minimum atomic E-state index is -3.72. The standard InChI is InChI=1S/C20H20ClN3O3S2/c1-23(29(26,27)20-7-6-18(21)28-20)13-19(25)24-10-8-14(9-11-24)16-12-22-17-5-3-2-4-15(16)17/h2-8,12,22H,9-11,13H2,1H3. The molecule has 3 heterocycles. The Morgan fingerprint density at radius 2 is 2.07 bits per heavy atom. The number of hydrogen-bond donors (Lipinski definition) is 1. The number of fused-ring (bicyclic) bond motifs is 1. The summed E-state index contributed by atoms with van der Waals surface area (Å²) in [6, 6.07) is 11.1. The van der Waals surface area contributed by atoms with Crippen molar-refractivity contribution in [1.29, 1.82) is 0 Å². The van der Waals surface area contributed by atoms with Crippen LogP contribution in [0.15, 0.2) is 52.9 Å². The Morgan fingerprint density at radius 3 is 2.76 bits per heavy atom. The van der Waals surface area contributed by atoms with E-state index in [1.54, 1.807) is 4.90 Å². The first-order valence-corrected chi connectivity index (χ1v) is 11.7. The lowest BCUT2D eigenvalue weighted by Gasteiger charge is -2.28. The van der Waals surface area contributed by atoms with E-state index in [1.165, 1.54) is 30.1 Å². The number of H-pyrrole nitrogens is 1. The zero-order chi connectivity index (χ0) is 20.6. The minimum Gasteiger partial charge on any atom is -0.361 e. The number of aromatic amines is 1. The number of thiophene rings is 1. The van der Waals surface area contributed by atoms with Gasteiger partial charge < -0.3 is 9.88 Å². The quantitative estimate of drug-likeness (QED) is 0.643. The van der Waals surface area contributed by atoms with Crippen LogP contribution in [0.5, 0.6) is 0 Å². The van der Waals surface area contributed by atoms with Gasteiger partial charge in [0, 0.05) is 42.8 Å². The van der Waals surface area contributed by atoms with Gasteiger partial charge in [0.05, 0.1) is 10.9 Å². The molecule has 0 bridgehead atoms. The summed E-state index contributed by atoms with van der Waals surface area (Å²) in [6.07, 6.45) is 4.77. The molecule has 3 aromatic rings. The van der Waals surface area contributed by atoms with Gasteiger partial charge in [-0.1, -0.05) is 35.9 Å². The van der Waals surface area contributed by atoms with E-state index in [1.807, 2.05) is 30.5 Å². The molecule has 0 aliphatic carbocycles. The first kappa shape index (κ1) is 20.2. The fourth-order valence-corrected chi connectivity index (χ4v) is 6.26. The number of carbonyl (C=O) groups excluding carboxylic acids is 1. The smallest absolute Gasteiger partial charge is 0.252 e. The van der Waals surface area contributed by atoms with Gasteiger partial charge in [0.15, 0.2) is 0 Å². The summed E-state index contributed by atoms with van der Waals surface area (Å²) < 4.78 is 26.8. The third-order valence-electron chi connectivity index (χ3n) is 5.07. The second-order valence-electron chi connectivity index (χ2n) is 6.89. The highest BCUT2D eigenvalue weighted by atomic mass is 35.5. The molecule has 0 radical (unpaired) electrons. The summed E-state index contributed by atoms with van der Waals surface area (Å²) in [5.74, 6) is -0.215. The number of sulfonamides is 1. The van der Waals surface area contributed by atoms with E-state index in [9.17, 15) is 13.2 Å². The SMILES string of the molecule is CN(CC(=O)N1CC=C(c2c[nH]c3ccccc23)CC1)S(=O)(=O)c1ccc(Cl)s1. The van der Waals surface area contributed by atoms with Gasteiger partial charge in [0.25, 0.3) is 10.0 Å². The van der Waals surface area contributed by atoms with Gasteiger partial charge in [0.2, 0.25) is 5.91 Å². The predicted octanol–water partition coefficient (Wildman–Crippen LogP) is 3.82. The van der Waals surface area contributed by atoms with Gasteiger partial charge in [0.1, 0.15) is 4.21 Å². The lowest BCUT2D eigenvalue weighted by molar-refractivity contribution is -0.130. The van der Waals surface area contributed by atoms with Gasteiger partial charge in [-0.15, -0.1) is 11.3 Å². The zero-order valence-corrected chi connectivity index (χ0v) is 18.1. The van der Waals surface area contributed by atoms with E-state index < -0.39 is 10.0 Å². The van der Waals surface area contributed by atoms with Crippen LogP contribution in [0.1, 0.15) is 12.0 Å². The average molecular weight is 450 g/mol. The summed E-state index contributed by atoms with van der Waals surface area (Å²) >= 11 is 6.83. The maximum absolute atomic E-state index is 12.7. The number of para-hydroxylation sites is 1. The maximum Gasteiger partial charge on any atom is 0.252 e. The number of hydrogen-bond acceptors (Lipinski definition) is 4. The number of nitrogens with zero attached hydrogens (tertiary/aromatic N) is 2. The molecular weight excluding hydrogens is 430 g/mol. The van der Waals surface area contributed by atoms with Crippen LogP contribution in [0.3, 0.4) is 0 Å². The molecule has 0 atom stereocenters. The van der Waals surface area contributed by atoms with Crippen molar-refractivity contribution < 1.29 is 13.2 Å². The van der Waals surface area contributed by atoms with E-state index in [0.29, 0.717) is 17.4 Å². The number of rotatable bonds is 5. The molecule has 1 aromatic carbocycles. The molecule has 0 spiro atoms. The van der Waals surface area contributed by atoms with Crippen LogP contribution in [-0.4, -0.2) is 55.2 Å². The third kappa shape index (κ3) is 3.98. The molecule has 1 N–H and O–H groups in total. The Bertz CT molecular complexity index is 1200. The van der Waals surface area contributed by atoms with Gasteiger partial charge in [-0.2, -0.15) is 4.31 Å². The van der Waals surface area contributed by atoms with Crippen molar-refractivity contribution in [2.75, 3.05) is 26.7 Å². The number of amides is 1. The number of halogens is 1. The predicted molar refractivity (Wildman–Crippen MR) is 117 cm³/mol. The van der Waals surface area contributed by atoms with Gasteiger partial charge >= 0.3 is 0 Å². The van der Waals surface area contributed by atoms with Crippen molar-refractivity contribution in [3.8, 4) is 0 Å². The van der Waals surface area contributed by atoms with E-state index in [2.05, 4.69) is 11.1 Å². The molecule has 0 saturated heterocycles. The van der Waals surface area contributed by atoms with Crippen LogP contribution in [0.2, 0.25) is 4.34 Å². The van der Waals surface area contributed by atoms with E-state index in [0.717, 1.165) is 33.1 Å². The van der Waals surface area contributed by atoms with Crippen LogP contribution in [0.25, 0.3) is 16.5 Å². The molecular formula is C20H20ClN3O3S2. The van der Waals surface area contributed by atoms with E-state index in [-0.39, 0.29) is 16.7 Å². The topological polar surface area (TPSA) is 73.5 Å². The Morgan fingerprint density at radius 1 is 1.28 bits per heavy atom. The molecule has 9 heteroatoms. The van der Waals surface area contributed by atoms with E-state index in [4.69, 9.17) is 11.6 Å². The fraction of sp³-hybridized carbons (Fsp3) is 0.250. The van der Waals surface area contributed by atoms with Gasteiger partial charge in [-0.25, -0.2) is 8.42 Å². The molecule has 1 amide bonds. The molecule has 6 nitrogen and oxygen atoms in total. The van der Waals surface area contributed by atoms with E-state index >= 15 is 0 Å². The minimum absolute atomic E-state index is 0.137. The first-order valence-electron chi connectivity index (χ1n) is 9.11. The average Bonchev–Trinajstić information content (AvgIpc) is 3.34. The number of benzene rings is 1. The number of aromatic nitrogens is 1. The highest BCUT2D eigenvalue weighted by Gasteiger charge is 2.27. The second-order valence-corrected chi connectivity index (χ2v) is 10.9. The fourth-order valence-electron chi connectivity index (χ4n) is 3.44. The number of carbonyl (C=O) groups is 1. The maximum atomic E-state index is 12.7. The third-order valence-corrected chi connectivity index (χ3v) is 8.57. The molecule has 2 aromatic heterocycles. The van der Waals surface area contributed by atoms with Crippen LogP contribution in [0.4, 0.5) is 0 Å². The summed E-state index contributed by atoms with van der Waals surface area (Å²) in [5, 5.41) is 1.17. The summed E-state index contributed by atoms with van der Waals surface area (Å²) in [6.45, 7) is 0.823. The lowest BCUT2D eigenvalue weighted by atomic mass is 9.99. The van der Waals surface area contributed by atoms with Crippen molar-refractivity contribution in [2.24, 2.45) is 0 Å². The highest BCUT2D eigenvalue weighted by molar-refractivity contribution is 7.91. The number of likely N-dealkylation sites (N-methyl/N-ethyl adjacent to an activating group) is 1. The molecule has 0 fully saturated rings. The molecule has 152 valence electrons. The second kappa shape index (κ2) is 7.95. The van der Waals surface area contributed by atoms with Crippen LogP contribution in [-0.2, 0) is 14.8 Å². The van der Waals surface area contributed by atoms with Gasteiger partial charge in [-0.3, -0.25) is 4.79 Å². The summed E-state index contributed by atoms with van der Waals surface area (Å²) in [7, 11) is -2.31. The largest absolute Gasteiger partial charge is 0.361 e. The van der Waals surface area contributed by atoms with Crippen LogP contribution >= 0.6 is 22.9 Å². The Hall–Kier alpha value is -2.13. The summed E-state index contributed by atoms with van der Waals surface area (Å²) in [4.78, 5) is 17.6. The monoisotopic (exact) mass is 449 g/mol. The highest BCUT2D eigenvalue weighted by Crippen LogP contribution is 2.30. The van der Waals surface area contributed by atoms with Gasteiger partial charge in [-0.05, 0) is 30.2 Å². The Kier molecular flexibility index (Phi) is 5.52. The molecule has 0 saturated carbocycles. The molecule has 1 aliphatic rings. The van der Waals surface area contributed by atoms with Crippen molar-refractivity contribution in [3.05, 3.63) is 58.6 Å². The lowest BCUT2D eigenvalue weighted by Crippen LogP contribution is -2.42.